The van der Waals surface area contributed by atoms with Crippen LogP contribution in [0.1, 0.15) is 18.1 Å². The van der Waals surface area contributed by atoms with Gasteiger partial charge < -0.3 is 10.2 Å². The molecule has 1 N–H and O–H groups in total. The molecule has 0 radical (unpaired) electrons. The molecule has 2 aromatic rings. The molecule has 2 rings (SSSR count). The molecule has 178 valence electrons. The van der Waals surface area contributed by atoms with E-state index < -0.39 is 39.3 Å². The van der Waals surface area contributed by atoms with Crippen molar-refractivity contribution in [1.82, 2.24) is 10.2 Å². The minimum atomic E-state index is -3.99. The molecular weight excluding hydrogens is 516 g/mol. The number of nitrogens with one attached hydrogen (secondary N) is 1. The number of halogens is 1. The van der Waals surface area contributed by atoms with Crippen LogP contribution >= 0.6 is 15.9 Å². The zero-order valence-electron chi connectivity index (χ0n) is 18.6. The van der Waals surface area contributed by atoms with Crippen molar-refractivity contribution in [2.24, 2.45) is 0 Å². The van der Waals surface area contributed by atoms with Gasteiger partial charge in [0, 0.05) is 30.2 Å². The quantitative estimate of drug-likeness (QED) is 0.384. The number of hydrogen-bond donors (Lipinski definition) is 1. The zero-order chi connectivity index (χ0) is 24.9. The maximum atomic E-state index is 13.3. The Balaban J connectivity index is 2.48. The van der Waals surface area contributed by atoms with E-state index in [2.05, 4.69) is 21.2 Å². The summed E-state index contributed by atoms with van der Waals surface area (Å²) >= 11 is 3.37. The third-order valence-electron chi connectivity index (χ3n) is 5.01. The van der Waals surface area contributed by atoms with Crippen molar-refractivity contribution in [2.45, 2.75) is 26.4 Å². The highest BCUT2D eigenvalue weighted by Gasteiger charge is 2.30. The van der Waals surface area contributed by atoms with Gasteiger partial charge in [0.25, 0.3) is 5.69 Å². The van der Waals surface area contributed by atoms with E-state index in [1.165, 1.54) is 31.0 Å². The van der Waals surface area contributed by atoms with Crippen LogP contribution in [0.3, 0.4) is 0 Å². The van der Waals surface area contributed by atoms with Gasteiger partial charge in [-0.1, -0.05) is 34.1 Å². The van der Waals surface area contributed by atoms with Crippen LogP contribution < -0.4 is 9.62 Å². The smallest absolute Gasteiger partial charge is 0.271 e. The summed E-state index contributed by atoms with van der Waals surface area (Å²) in [6, 6.07) is 10.1. The van der Waals surface area contributed by atoms with E-state index in [1.54, 1.807) is 25.1 Å². The van der Waals surface area contributed by atoms with E-state index in [4.69, 9.17) is 0 Å². The number of anilines is 1. The van der Waals surface area contributed by atoms with Gasteiger partial charge in [0.2, 0.25) is 21.8 Å². The molecule has 0 fully saturated rings. The number of nitrogens with zero attached hydrogens (tertiary/aromatic N) is 3. The highest BCUT2D eigenvalue weighted by molar-refractivity contribution is 9.10. The number of nitro groups is 1. The number of aryl methyl sites for hydroxylation is 1. The number of amides is 2. The number of benzene rings is 2. The average Bonchev–Trinajstić information content (AvgIpc) is 2.74. The van der Waals surface area contributed by atoms with Crippen LogP contribution in [0.25, 0.3) is 0 Å². The molecule has 10 nitrogen and oxygen atoms in total. The SMILES string of the molecule is CNC(=O)C(C)N(Cc1cccc(Br)c1)C(=O)CN(c1cc([N+](=O)[O-])ccc1C)S(C)(=O)=O. The van der Waals surface area contributed by atoms with Crippen LogP contribution in [0.15, 0.2) is 46.9 Å². The Kier molecular flexibility index (Phi) is 8.56. The van der Waals surface area contributed by atoms with Crippen molar-refractivity contribution in [3.63, 3.8) is 0 Å². The Bertz CT molecular complexity index is 1170. The number of non-ortho nitro benzene ring substituents is 1. The van der Waals surface area contributed by atoms with Crippen molar-refractivity contribution >= 4 is 49.1 Å². The number of sulfonamides is 1. The molecule has 2 aromatic carbocycles. The summed E-state index contributed by atoms with van der Waals surface area (Å²) in [4.78, 5) is 37.5. The second-order valence-corrected chi connectivity index (χ2v) is 10.3. The Morgan fingerprint density at radius 3 is 2.42 bits per heavy atom. The largest absolute Gasteiger partial charge is 0.357 e. The second kappa shape index (κ2) is 10.8. The Labute approximate surface area is 200 Å². The van der Waals surface area contributed by atoms with E-state index in [0.717, 1.165) is 26.7 Å². The van der Waals surface area contributed by atoms with E-state index in [1.807, 2.05) is 6.07 Å². The minimum absolute atomic E-state index is 0.0232. The molecule has 0 saturated heterocycles. The molecule has 1 unspecified atom stereocenters. The monoisotopic (exact) mass is 540 g/mol. The van der Waals surface area contributed by atoms with Gasteiger partial charge in [-0.25, -0.2) is 8.42 Å². The Morgan fingerprint density at radius 1 is 1.21 bits per heavy atom. The Morgan fingerprint density at radius 2 is 1.88 bits per heavy atom. The van der Waals surface area contributed by atoms with Crippen molar-refractivity contribution in [2.75, 3.05) is 24.2 Å². The highest BCUT2D eigenvalue weighted by Crippen LogP contribution is 2.28. The lowest BCUT2D eigenvalue weighted by atomic mass is 10.1. The first kappa shape index (κ1) is 26.3. The van der Waals surface area contributed by atoms with Crippen LogP contribution in [0.2, 0.25) is 0 Å². The number of likely N-dealkylation sites (N-methyl/N-ethyl adjacent to an activating group) is 1. The van der Waals surface area contributed by atoms with Crippen LogP contribution in [0, 0.1) is 17.0 Å². The Hall–Kier alpha value is -2.99. The molecule has 1 atom stereocenters. The van der Waals surface area contributed by atoms with Gasteiger partial charge in [0.05, 0.1) is 16.9 Å². The fraction of sp³-hybridized carbons (Fsp3) is 0.333. The summed E-state index contributed by atoms with van der Waals surface area (Å²) in [6.45, 7) is 2.56. The molecule has 0 saturated carbocycles. The molecule has 0 spiro atoms. The van der Waals surface area contributed by atoms with Crippen molar-refractivity contribution in [1.29, 1.82) is 0 Å². The maximum Gasteiger partial charge on any atom is 0.271 e. The maximum absolute atomic E-state index is 13.3. The van der Waals surface area contributed by atoms with Gasteiger partial charge in [0.15, 0.2) is 0 Å². The normalized spacial score (nSPS) is 12.0. The van der Waals surface area contributed by atoms with Gasteiger partial charge in [-0.15, -0.1) is 0 Å². The summed E-state index contributed by atoms with van der Waals surface area (Å²) in [5, 5.41) is 13.7. The van der Waals surface area contributed by atoms with E-state index in [9.17, 15) is 28.1 Å². The van der Waals surface area contributed by atoms with Crippen LogP contribution in [0.4, 0.5) is 11.4 Å². The van der Waals surface area contributed by atoms with Crippen LogP contribution in [-0.4, -0.2) is 55.9 Å². The molecular formula is C21H25BrN4O6S. The highest BCUT2D eigenvalue weighted by atomic mass is 79.9. The average molecular weight is 541 g/mol. The van der Waals surface area contributed by atoms with Gasteiger partial charge >= 0.3 is 0 Å². The molecule has 0 bridgehead atoms. The number of nitro benzene ring substituents is 1. The predicted molar refractivity (Wildman–Crippen MR) is 128 cm³/mol. The zero-order valence-corrected chi connectivity index (χ0v) is 21.0. The van der Waals surface area contributed by atoms with E-state index >= 15 is 0 Å². The second-order valence-electron chi connectivity index (χ2n) is 7.44. The first-order valence-electron chi connectivity index (χ1n) is 9.83. The van der Waals surface area contributed by atoms with E-state index in [0.29, 0.717) is 5.56 Å². The summed E-state index contributed by atoms with van der Waals surface area (Å²) in [7, 11) is -2.55. The van der Waals surface area contributed by atoms with Crippen molar-refractivity contribution in [3.8, 4) is 0 Å². The molecule has 2 amide bonds. The minimum Gasteiger partial charge on any atom is -0.357 e. The standard InChI is InChI=1S/C21H25BrN4O6S/c1-14-8-9-18(26(29)30)11-19(14)25(33(4,31)32)13-20(27)24(15(2)21(28)23-3)12-16-6-5-7-17(22)10-16/h5-11,15H,12-13H2,1-4H3,(H,23,28). The lowest BCUT2D eigenvalue weighted by Crippen LogP contribution is -2.50. The molecule has 0 aliphatic heterocycles. The fourth-order valence-electron chi connectivity index (χ4n) is 3.20. The molecule has 33 heavy (non-hydrogen) atoms. The first-order valence-corrected chi connectivity index (χ1v) is 12.5. The third kappa shape index (κ3) is 6.75. The first-order chi connectivity index (χ1) is 15.3. The van der Waals surface area contributed by atoms with Gasteiger partial charge in [-0.2, -0.15) is 0 Å². The van der Waals surface area contributed by atoms with Gasteiger partial charge in [0.1, 0.15) is 12.6 Å². The van der Waals surface area contributed by atoms with Crippen molar-refractivity contribution in [3.05, 3.63) is 68.2 Å². The van der Waals surface area contributed by atoms with Crippen LogP contribution in [0.5, 0.6) is 0 Å². The fourth-order valence-corrected chi connectivity index (χ4v) is 4.54. The molecule has 12 heteroatoms. The van der Waals surface area contributed by atoms with Gasteiger partial charge in [-0.05, 0) is 37.1 Å². The number of carbonyl (C=O) groups excluding carboxylic acids is 2. The third-order valence-corrected chi connectivity index (χ3v) is 6.63. The molecule has 0 heterocycles. The van der Waals surface area contributed by atoms with Gasteiger partial charge in [-0.3, -0.25) is 24.0 Å². The summed E-state index contributed by atoms with van der Waals surface area (Å²) in [5.74, 6) is -1.06. The van der Waals surface area contributed by atoms with Crippen LogP contribution in [-0.2, 0) is 26.2 Å². The lowest BCUT2D eigenvalue weighted by Gasteiger charge is -2.31. The number of rotatable bonds is 9. The predicted octanol–water partition coefficient (Wildman–Crippen LogP) is 2.60. The number of carbonyl (C=O) groups is 2. The topological polar surface area (TPSA) is 130 Å². The summed E-state index contributed by atoms with van der Waals surface area (Å²) in [5.41, 5.74) is 0.888. The molecule has 0 aromatic heterocycles. The number of hydrogen-bond acceptors (Lipinski definition) is 6. The summed E-state index contributed by atoms with van der Waals surface area (Å²) < 4.78 is 26.8. The van der Waals surface area contributed by atoms with Crippen molar-refractivity contribution < 1.29 is 22.9 Å². The molecule has 0 aliphatic carbocycles. The summed E-state index contributed by atoms with van der Waals surface area (Å²) in [6.07, 6.45) is 0.916. The lowest BCUT2D eigenvalue weighted by molar-refractivity contribution is -0.384. The molecule has 0 aliphatic rings. The van der Waals surface area contributed by atoms with E-state index in [-0.39, 0.29) is 17.9 Å².